The Morgan fingerprint density at radius 1 is 1.47 bits per heavy atom. The first-order chi connectivity index (χ1) is 8.93. The van der Waals surface area contributed by atoms with Crippen LogP contribution in [0, 0.1) is 0 Å². The maximum atomic E-state index is 11.6. The van der Waals surface area contributed by atoms with Gasteiger partial charge in [-0.2, -0.15) is 0 Å². The van der Waals surface area contributed by atoms with Crippen LogP contribution in [-0.2, 0) is 14.3 Å². The highest BCUT2D eigenvalue weighted by Gasteiger charge is 2.31. The first-order valence-corrected chi connectivity index (χ1v) is 6.34. The summed E-state index contributed by atoms with van der Waals surface area (Å²) in [4.78, 5) is 35.8. The Hall–Kier alpha value is -1.79. The van der Waals surface area contributed by atoms with Gasteiger partial charge in [0, 0.05) is 25.6 Å². The van der Waals surface area contributed by atoms with E-state index in [2.05, 4.69) is 15.4 Å². The number of hydrogen-bond acceptors (Lipinski definition) is 4. The van der Waals surface area contributed by atoms with Gasteiger partial charge in [0.15, 0.2) is 0 Å². The van der Waals surface area contributed by atoms with Gasteiger partial charge in [0.25, 0.3) is 0 Å². The van der Waals surface area contributed by atoms with Crippen LogP contribution in [0.5, 0.6) is 0 Å². The molecule has 3 amide bonds. The fraction of sp³-hybridized carbons (Fsp3) is 0.750. The van der Waals surface area contributed by atoms with Gasteiger partial charge in [0.1, 0.15) is 0 Å². The van der Waals surface area contributed by atoms with Crippen molar-refractivity contribution < 1.29 is 19.1 Å². The molecule has 1 aliphatic heterocycles. The van der Waals surface area contributed by atoms with Crippen LogP contribution in [0.25, 0.3) is 0 Å². The van der Waals surface area contributed by atoms with E-state index in [4.69, 9.17) is 0 Å². The zero-order valence-electron chi connectivity index (χ0n) is 11.6. The van der Waals surface area contributed by atoms with E-state index in [0.717, 1.165) is 0 Å². The summed E-state index contributed by atoms with van der Waals surface area (Å²) >= 11 is 0. The summed E-state index contributed by atoms with van der Waals surface area (Å²) in [7, 11) is 1.30. The molecule has 0 aromatic carbocycles. The zero-order valence-corrected chi connectivity index (χ0v) is 11.6. The molecule has 1 aliphatic rings. The lowest BCUT2D eigenvalue weighted by Gasteiger charge is -2.21. The van der Waals surface area contributed by atoms with Gasteiger partial charge in [-0.05, 0) is 13.8 Å². The Morgan fingerprint density at radius 2 is 2.16 bits per heavy atom. The van der Waals surface area contributed by atoms with Crippen molar-refractivity contribution in [2.75, 3.05) is 20.2 Å². The van der Waals surface area contributed by atoms with Crippen LogP contribution in [-0.4, -0.2) is 55.1 Å². The molecule has 1 unspecified atom stereocenters. The van der Waals surface area contributed by atoms with Crippen molar-refractivity contribution >= 4 is 17.9 Å². The Labute approximate surface area is 112 Å². The Balaban J connectivity index is 2.27. The predicted molar refractivity (Wildman–Crippen MR) is 68.4 cm³/mol. The highest BCUT2D eigenvalue weighted by molar-refractivity contribution is 5.82. The molecule has 19 heavy (non-hydrogen) atoms. The molecule has 0 saturated carbocycles. The van der Waals surface area contributed by atoms with Crippen LogP contribution in [0.1, 0.15) is 26.7 Å². The number of rotatable bonds is 5. The third-order valence-electron chi connectivity index (χ3n) is 2.96. The Kier molecular flexibility index (Phi) is 5.59. The number of urea groups is 1. The normalized spacial score (nSPS) is 18.6. The second-order valence-corrected chi connectivity index (χ2v) is 4.77. The maximum Gasteiger partial charge on any atom is 0.315 e. The molecule has 1 fully saturated rings. The van der Waals surface area contributed by atoms with Crippen LogP contribution in [0.2, 0.25) is 0 Å². The molecule has 1 atom stereocenters. The number of carbonyl (C=O) groups is 3. The van der Waals surface area contributed by atoms with Crippen LogP contribution in [0.15, 0.2) is 0 Å². The summed E-state index contributed by atoms with van der Waals surface area (Å²) in [6.45, 7) is 4.63. The van der Waals surface area contributed by atoms with Crippen molar-refractivity contribution in [2.24, 2.45) is 0 Å². The smallest absolute Gasteiger partial charge is 0.315 e. The molecule has 0 radical (unpaired) electrons. The highest BCUT2D eigenvalue weighted by Crippen LogP contribution is 2.13. The largest absolute Gasteiger partial charge is 0.469 e. The third-order valence-corrected chi connectivity index (χ3v) is 2.96. The summed E-state index contributed by atoms with van der Waals surface area (Å²) in [6, 6.07) is -0.401. The first-order valence-electron chi connectivity index (χ1n) is 6.34. The van der Waals surface area contributed by atoms with Crippen molar-refractivity contribution in [3.05, 3.63) is 0 Å². The SMILES string of the molecule is COC(=O)CCNC(=O)NC1CC(=O)N(C(C)C)C1. The number of amides is 3. The maximum absolute atomic E-state index is 11.6. The first kappa shape index (κ1) is 15.3. The number of carbonyl (C=O) groups excluding carboxylic acids is 3. The van der Waals surface area contributed by atoms with Gasteiger partial charge >= 0.3 is 12.0 Å². The minimum atomic E-state index is -0.373. The van der Waals surface area contributed by atoms with Crippen LogP contribution >= 0.6 is 0 Å². The molecule has 1 saturated heterocycles. The predicted octanol–water partition coefficient (Wildman–Crippen LogP) is -0.142. The minimum absolute atomic E-state index is 0.0508. The van der Waals surface area contributed by atoms with Crippen molar-refractivity contribution in [2.45, 2.75) is 38.8 Å². The summed E-state index contributed by atoms with van der Waals surface area (Å²) in [6.07, 6.45) is 0.453. The zero-order chi connectivity index (χ0) is 14.4. The molecule has 7 heteroatoms. The standard InChI is InChI=1S/C12H21N3O4/c1-8(2)15-7-9(6-10(15)16)14-12(18)13-5-4-11(17)19-3/h8-9H,4-7H2,1-3H3,(H2,13,14,18). The van der Waals surface area contributed by atoms with Crippen molar-refractivity contribution in [1.82, 2.24) is 15.5 Å². The number of hydrogen-bond donors (Lipinski definition) is 2. The van der Waals surface area contributed by atoms with E-state index in [1.54, 1.807) is 4.90 Å². The fourth-order valence-electron chi connectivity index (χ4n) is 1.94. The van der Waals surface area contributed by atoms with E-state index in [1.807, 2.05) is 13.8 Å². The molecule has 0 aromatic rings. The summed E-state index contributed by atoms with van der Waals surface area (Å²) in [5.74, 6) is -0.322. The number of ether oxygens (including phenoxy) is 1. The fourth-order valence-corrected chi connectivity index (χ4v) is 1.94. The summed E-state index contributed by atoms with van der Waals surface area (Å²) in [5, 5.41) is 5.27. The molecule has 0 aliphatic carbocycles. The lowest BCUT2D eigenvalue weighted by molar-refractivity contribution is -0.140. The van der Waals surface area contributed by atoms with Gasteiger partial charge < -0.3 is 20.3 Å². The van der Waals surface area contributed by atoms with E-state index in [-0.39, 0.29) is 43.0 Å². The van der Waals surface area contributed by atoms with Crippen molar-refractivity contribution in [3.8, 4) is 0 Å². The molecular weight excluding hydrogens is 250 g/mol. The summed E-state index contributed by atoms with van der Waals surface area (Å²) in [5.41, 5.74) is 0. The molecule has 1 rings (SSSR count). The second-order valence-electron chi connectivity index (χ2n) is 4.77. The molecule has 1 heterocycles. The summed E-state index contributed by atoms with van der Waals surface area (Å²) < 4.78 is 4.46. The second kappa shape index (κ2) is 6.96. The number of esters is 1. The van der Waals surface area contributed by atoms with Gasteiger partial charge in [0.05, 0.1) is 19.6 Å². The van der Waals surface area contributed by atoms with Crippen LogP contribution in [0.4, 0.5) is 4.79 Å². The molecule has 0 bridgehead atoms. The number of likely N-dealkylation sites (tertiary alicyclic amines) is 1. The highest BCUT2D eigenvalue weighted by atomic mass is 16.5. The van der Waals surface area contributed by atoms with E-state index in [0.29, 0.717) is 13.0 Å². The molecule has 7 nitrogen and oxygen atoms in total. The quantitative estimate of drug-likeness (QED) is 0.681. The van der Waals surface area contributed by atoms with E-state index < -0.39 is 0 Å². The van der Waals surface area contributed by atoms with E-state index in [9.17, 15) is 14.4 Å². The molecule has 2 N–H and O–H groups in total. The minimum Gasteiger partial charge on any atom is -0.469 e. The molecule has 108 valence electrons. The Bertz CT molecular complexity index is 357. The average Bonchev–Trinajstić information content (AvgIpc) is 2.70. The van der Waals surface area contributed by atoms with Gasteiger partial charge in [-0.1, -0.05) is 0 Å². The van der Waals surface area contributed by atoms with Crippen molar-refractivity contribution in [1.29, 1.82) is 0 Å². The van der Waals surface area contributed by atoms with Crippen molar-refractivity contribution in [3.63, 3.8) is 0 Å². The van der Waals surface area contributed by atoms with Gasteiger partial charge in [-0.25, -0.2) is 4.79 Å². The lowest BCUT2D eigenvalue weighted by Crippen LogP contribution is -2.44. The average molecular weight is 271 g/mol. The lowest BCUT2D eigenvalue weighted by atomic mass is 10.2. The molecular formula is C12H21N3O4. The third kappa shape index (κ3) is 4.76. The van der Waals surface area contributed by atoms with Gasteiger partial charge in [-0.3, -0.25) is 9.59 Å². The van der Waals surface area contributed by atoms with Crippen LogP contribution in [0.3, 0.4) is 0 Å². The number of methoxy groups -OCH3 is 1. The molecule has 0 aromatic heterocycles. The topological polar surface area (TPSA) is 87.7 Å². The molecule has 0 spiro atoms. The van der Waals surface area contributed by atoms with E-state index in [1.165, 1.54) is 7.11 Å². The van der Waals surface area contributed by atoms with E-state index >= 15 is 0 Å². The Morgan fingerprint density at radius 3 is 2.68 bits per heavy atom. The van der Waals surface area contributed by atoms with Gasteiger partial charge in [-0.15, -0.1) is 0 Å². The number of nitrogens with one attached hydrogen (secondary N) is 2. The monoisotopic (exact) mass is 271 g/mol. The van der Waals surface area contributed by atoms with Crippen LogP contribution < -0.4 is 10.6 Å². The van der Waals surface area contributed by atoms with Gasteiger partial charge in [0.2, 0.25) is 5.91 Å². The number of nitrogens with zero attached hydrogens (tertiary/aromatic N) is 1.